The van der Waals surface area contributed by atoms with E-state index in [0.29, 0.717) is 25.9 Å². The van der Waals surface area contributed by atoms with Gasteiger partial charge in [-0.05, 0) is 44.0 Å². The van der Waals surface area contributed by atoms with E-state index < -0.39 is 0 Å². The maximum absolute atomic E-state index is 8.57. The summed E-state index contributed by atoms with van der Waals surface area (Å²) < 4.78 is 10.7. The topological polar surface area (TPSA) is 50.7 Å². The summed E-state index contributed by atoms with van der Waals surface area (Å²) in [5, 5.41) is 12.0. The Bertz CT molecular complexity index is 340. The molecule has 0 saturated heterocycles. The van der Waals surface area contributed by atoms with Crippen molar-refractivity contribution in [2.45, 2.75) is 32.7 Å². The highest BCUT2D eigenvalue weighted by Crippen LogP contribution is 2.13. The molecule has 0 aliphatic carbocycles. The Morgan fingerprint density at radius 2 is 1.90 bits per heavy atom. The molecule has 0 fully saturated rings. The third-order valence-corrected chi connectivity index (χ3v) is 2.94. The van der Waals surface area contributed by atoms with Gasteiger partial charge < -0.3 is 19.9 Å². The molecule has 0 bridgehead atoms. The first-order valence-corrected chi connectivity index (χ1v) is 7.40. The van der Waals surface area contributed by atoms with Crippen molar-refractivity contribution in [2.75, 3.05) is 33.0 Å². The standard InChI is InChI=1S/C16H27NO3/c1-3-8-17-14(2)13-15-4-6-16(7-5-15)20-12-11-19-10-9-18/h4-7,14,17-18H,3,8-13H2,1-2H3. The molecule has 0 aliphatic heterocycles. The molecule has 0 amide bonds. The molecule has 1 aromatic rings. The van der Waals surface area contributed by atoms with Crippen LogP contribution in [0.1, 0.15) is 25.8 Å². The van der Waals surface area contributed by atoms with Crippen LogP contribution in [0.5, 0.6) is 5.75 Å². The van der Waals surface area contributed by atoms with E-state index >= 15 is 0 Å². The Balaban J connectivity index is 2.25. The van der Waals surface area contributed by atoms with Crippen molar-refractivity contribution in [1.29, 1.82) is 0 Å². The summed E-state index contributed by atoms with van der Waals surface area (Å²) >= 11 is 0. The van der Waals surface area contributed by atoms with E-state index in [1.54, 1.807) is 0 Å². The normalized spacial score (nSPS) is 12.3. The van der Waals surface area contributed by atoms with Crippen molar-refractivity contribution in [2.24, 2.45) is 0 Å². The lowest BCUT2D eigenvalue weighted by Gasteiger charge is -2.13. The number of benzene rings is 1. The highest BCUT2D eigenvalue weighted by atomic mass is 16.5. The van der Waals surface area contributed by atoms with Crippen molar-refractivity contribution in [1.82, 2.24) is 5.32 Å². The van der Waals surface area contributed by atoms with Crippen LogP contribution in [0.15, 0.2) is 24.3 Å². The zero-order chi connectivity index (χ0) is 14.6. The van der Waals surface area contributed by atoms with Gasteiger partial charge in [0.1, 0.15) is 12.4 Å². The third kappa shape index (κ3) is 7.48. The predicted molar refractivity (Wildman–Crippen MR) is 81.3 cm³/mol. The molecule has 114 valence electrons. The van der Waals surface area contributed by atoms with Crippen LogP contribution in [0.25, 0.3) is 0 Å². The van der Waals surface area contributed by atoms with E-state index in [2.05, 4.69) is 31.3 Å². The van der Waals surface area contributed by atoms with Gasteiger partial charge in [0.2, 0.25) is 0 Å². The van der Waals surface area contributed by atoms with Gasteiger partial charge in [0.15, 0.2) is 0 Å². The van der Waals surface area contributed by atoms with Gasteiger partial charge >= 0.3 is 0 Å². The molecule has 2 N–H and O–H groups in total. The quantitative estimate of drug-likeness (QED) is 0.609. The van der Waals surface area contributed by atoms with E-state index in [-0.39, 0.29) is 6.61 Å². The fourth-order valence-electron chi connectivity index (χ4n) is 1.92. The van der Waals surface area contributed by atoms with Gasteiger partial charge in [0.25, 0.3) is 0 Å². The molecule has 0 aromatic heterocycles. The molecule has 0 radical (unpaired) electrons. The smallest absolute Gasteiger partial charge is 0.119 e. The minimum Gasteiger partial charge on any atom is -0.491 e. The molecule has 4 heteroatoms. The first-order valence-electron chi connectivity index (χ1n) is 7.40. The Morgan fingerprint density at radius 3 is 2.55 bits per heavy atom. The fraction of sp³-hybridized carbons (Fsp3) is 0.625. The second kappa shape index (κ2) is 10.7. The fourth-order valence-corrected chi connectivity index (χ4v) is 1.92. The number of aliphatic hydroxyl groups is 1. The molecule has 0 aliphatic rings. The molecule has 1 unspecified atom stereocenters. The zero-order valence-electron chi connectivity index (χ0n) is 12.6. The SMILES string of the molecule is CCCNC(C)Cc1ccc(OCCOCCO)cc1. The van der Waals surface area contributed by atoms with Crippen LogP contribution >= 0.6 is 0 Å². The van der Waals surface area contributed by atoms with Crippen LogP contribution in [-0.2, 0) is 11.2 Å². The zero-order valence-corrected chi connectivity index (χ0v) is 12.6. The Labute approximate surface area is 122 Å². The van der Waals surface area contributed by atoms with Crippen LogP contribution in [0.4, 0.5) is 0 Å². The lowest BCUT2D eigenvalue weighted by atomic mass is 10.1. The van der Waals surface area contributed by atoms with Gasteiger partial charge in [-0.3, -0.25) is 0 Å². The van der Waals surface area contributed by atoms with Crippen LogP contribution in [0.3, 0.4) is 0 Å². The van der Waals surface area contributed by atoms with Crippen molar-refractivity contribution in [3.8, 4) is 5.75 Å². The van der Waals surface area contributed by atoms with Crippen LogP contribution < -0.4 is 10.1 Å². The van der Waals surface area contributed by atoms with E-state index in [9.17, 15) is 0 Å². The van der Waals surface area contributed by atoms with Gasteiger partial charge in [-0.2, -0.15) is 0 Å². The van der Waals surface area contributed by atoms with E-state index in [1.165, 1.54) is 5.56 Å². The second-order valence-corrected chi connectivity index (χ2v) is 4.89. The highest BCUT2D eigenvalue weighted by molar-refractivity contribution is 5.27. The summed E-state index contributed by atoms with van der Waals surface area (Å²) in [6.07, 6.45) is 2.19. The van der Waals surface area contributed by atoms with E-state index in [0.717, 1.165) is 25.1 Å². The summed E-state index contributed by atoms with van der Waals surface area (Å²) in [5.74, 6) is 0.857. The molecule has 1 aromatic carbocycles. The van der Waals surface area contributed by atoms with Gasteiger partial charge in [-0.25, -0.2) is 0 Å². The maximum atomic E-state index is 8.57. The van der Waals surface area contributed by atoms with Gasteiger partial charge in [-0.1, -0.05) is 19.1 Å². The number of ether oxygens (including phenoxy) is 2. The van der Waals surface area contributed by atoms with E-state index in [4.69, 9.17) is 14.6 Å². The van der Waals surface area contributed by atoms with Gasteiger partial charge in [0.05, 0.1) is 19.8 Å². The first kappa shape index (κ1) is 17.0. The third-order valence-electron chi connectivity index (χ3n) is 2.94. The second-order valence-electron chi connectivity index (χ2n) is 4.89. The predicted octanol–water partition coefficient (Wildman–Crippen LogP) is 2.00. The molecule has 20 heavy (non-hydrogen) atoms. The summed E-state index contributed by atoms with van der Waals surface area (Å²) in [6.45, 7) is 6.88. The van der Waals surface area contributed by atoms with Gasteiger partial charge in [0, 0.05) is 6.04 Å². The van der Waals surface area contributed by atoms with Gasteiger partial charge in [-0.15, -0.1) is 0 Å². The summed E-state index contributed by atoms with van der Waals surface area (Å²) in [6, 6.07) is 8.69. The lowest BCUT2D eigenvalue weighted by molar-refractivity contribution is 0.0705. The molecule has 0 spiro atoms. The van der Waals surface area contributed by atoms with Crippen molar-refractivity contribution in [3.05, 3.63) is 29.8 Å². The Hall–Kier alpha value is -1.10. The van der Waals surface area contributed by atoms with Crippen molar-refractivity contribution < 1.29 is 14.6 Å². The number of nitrogens with one attached hydrogen (secondary N) is 1. The van der Waals surface area contributed by atoms with Crippen LogP contribution in [0, 0.1) is 0 Å². The molecular weight excluding hydrogens is 254 g/mol. The monoisotopic (exact) mass is 281 g/mol. The average molecular weight is 281 g/mol. The molecule has 0 saturated carbocycles. The summed E-state index contributed by atoms with van der Waals surface area (Å²) in [4.78, 5) is 0. The number of rotatable bonds is 11. The highest BCUT2D eigenvalue weighted by Gasteiger charge is 2.02. The summed E-state index contributed by atoms with van der Waals surface area (Å²) in [7, 11) is 0. The Morgan fingerprint density at radius 1 is 1.15 bits per heavy atom. The number of hydrogen-bond acceptors (Lipinski definition) is 4. The van der Waals surface area contributed by atoms with Crippen molar-refractivity contribution >= 4 is 0 Å². The molecule has 1 rings (SSSR count). The number of hydrogen-bond donors (Lipinski definition) is 2. The lowest BCUT2D eigenvalue weighted by Crippen LogP contribution is -2.28. The van der Waals surface area contributed by atoms with E-state index in [1.807, 2.05) is 12.1 Å². The van der Waals surface area contributed by atoms with Crippen molar-refractivity contribution in [3.63, 3.8) is 0 Å². The minimum absolute atomic E-state index is 0.0545. The number of aliphatic hydroxyl groups excluding tert-OH is 1. The molecular formula is C16H27NO3. The maximum Gasteiger partial charge on any atom is 0.119 e. The largest absolute Gasteiger partial charge is 0.491 e. The van der Waals surface area contributed by atoms with Crippen LogP contribution in [0.2, 0.25) is 0 Å². The molecule has 0 heterocycles. The van der Waals surface area contributed by atoms with Crippen LogP contribution in [-0.4, -0.2) is 44.1 Å². The molecule has 1 atom stereocenters. The first-order chi connectivity index (χ1) is 9.76. The minimum atomic E-state index is 0.0545. The molecule has 4 nitrogen and oxygen atoms in total. The average Bonchev–Trinajstić information content (AvgIpc) is 2.46. The summed E-state index contributed by atoms with van der Waals surface area (Å²) in [5.41, 5.74) is 1.31. The Kier molecular flexibility index (Phi) is 9.04.